The minimum atomic E-state index is -0.975. The molecule has 1 fully saturated rings. The van der Waals surface area contributed by atoms with Gasteiger partial charge in [-0.05, 0) is 81.9 Å². The van der Waals surface area contributed by atoms with Crippen molar-refractivity contribution in [2.24, 2.45) is 23.7 Å². The van der Waals surface area contributed by atoms with Crippen molar-refractivity contribution in [3.05, 3.63) is 23.8 Å². The quantitative estimate of drug-likeness (QED) is 0.259. The number of esters is 1. The Morgan fingerprint density at radius 2 is 1.95 bits per heavy atom. The van der Waals surface area contributed by atoms with Gasteiger partial charge in [0.15, 0.2) is 0 Å². The van der Waals surface area contributed by atoms with Crippen molar-refractivity contribution in [3.8, 4) is 5.75 Å². The highest BCUT2D eigenvalue weighted by molar-refractivity contribution is 5.75. The lowest BCUT2D eigenvalue weighted by molar-refractivity contribution is -0.148. The molecule has 2 aliphatic heterocycles. The number of carboxylic acid groups (broad SMARTS) is 1. The zero-order valence-electron chi connectivity index (χ0n) is 25.2. The molecule has 0 radical (unpaired) electrons. The monoisotopic (exact) mass is 546 g/mol. The fraction of sp³-hybridized carbons (Fsp3) is 0.742. The van der Waals surface area contributed by atoms with Crippen LogP contribution in [0.25, 0.3) is 0 Å². The molecular weight excluding hydrogens is 496 g/mol. The second-order valence-electron chi connectivity index (χ2n) is 12.9. The van der Waals surface area contributed by atoms with Crippen LogP contribution in [0, 0.1) is 23.7 Å². The van der Waals surface area contributed by atoms with Crippen LogP contribution in [0.15, 0.2) is 18.2 Å². The van der Waals surface area contributed by atoms with Crippen LogP contribution in [0.2, 0.25) is 0 Å². The lowest BCUT2D eigenvalue weighted by Gasteiger charge is -2.43. The highest BCUT2D eigenvalue weighted by Crippen LogP contribution is 2.38. The Kier molecular flexibility index (Phi) is 10.5. The minimum Gasteiger partial charge on any atom is -0.490 e. The summed E-state index contributed by atoms with van der Waals surface area (Å²) in [4.78, 5) is 29.2. The van der Waals surface area contributed by atoms with Crippen molar-refractivity contribution < 1.29 is 28.9 Å². The van der Waals surface area contributed by atoms with Gasteiger partial charge in [0, 0.05) is 25.8 Å². The Labute approximate surface area is 235 Å². The number of fused-ring (bicyclic) bond motifs is 1. The summed E-state index contributed by atoms with van der Waals surface area (Å²) in [7, 11) is 1.73. The van der Waals surface area contributed by atoms with Gasteiger partial charge in [-0.3, -0.25) is 9.69 Å². The largest absolute Gasteiger partial charge is 0.490 e. The number of carbonyl (C=O) groups excluding carboxylic acids is 1. The topological polar surface area (TPSA) is 88.5 Å². The smallest absolute Gasteiger partial charge is 0.408 e. The van der Waals surface area contributed by atoms with Crippen molar-refractivity contribution in [1.82, 2.24) is 4.90 Å². The summed E-state index contributed by atoms with van der Waals surface area (Å²) in [5.41, 5.74) is 1.68. The van der Waals surface area contributed by atoms with Crippen molar-refractivity contribution in [2.75, 3.05) is 38.3 Å². The van der Waals surface area contributed by atoms with Crippen molar-refractivity contribution in [2.45, 2.75) is 91.8 Å². The molecular formula is C31H50N2O6. The van der Waals surface area contributed by atoms with Gasteiger partial charge in [-0.25, -0.2) is 4.79 Å². The number of amides is 1. The van der Waals surface area contributed by atoms with Crippen molar-refractivity contribution in [3.63, 3.8) is 0 Å². The van der Waals surface area contributed by atoms with Crippen LogP contribution in [0.5, 0.6) is 5.75 Å². The van der Waals surface area contributed by atoms with Gasteiger partial charge in [-0.1, -0.05) is 33.8 Å². The molecule has 8 heteroatoms. The standard InChI is InChI=1S/C31H50N2O6/c1-20(2)23(16-22-10-11-27-25(17-22)32(13-15-38-27)12-9-14-37-8)18-26(33(30(35)36)31(5,6)7)28-19-24(21(3)4)29(34)39-28/h10-11,17,20-21,23-24,26,28H,9,12-16,18-19H2,1-8H3,(H,35,36)/t23-,24-,26-,28-/m0/s1. The average molecular weight is 547 g/mol. The zero-order chi connectivity index (χ0) is 28.9. The van der Waals surface area contributed by atoms with Crippen molar-refractivity contribution >= 4 is 17.7 Å². The first-order chi connectivity index (χ1) is 18.3. The highest BCUT2D eigenvalue weighted by atomic mass is 16.6. The number of hydrogen-bond donors (Lipinski definition) is 1. The van der Waals surface area contributed by atoms with E-state index in [9.17, 15) is 14.7 Å². The second kappa shape index (κ2) is 13.2. The van der Waals surface area contributed by atoms with Crippen molar-refractivity contribution in [1.29, 1.82) is 0 Å². The highest BCUT2D eigenvalue weighted by Gasteiger charge is 2.46. The van der Waals surface area contributed by atoms with E-state index in [0.29, 0.717) is 25.4 Å². The SMILES string of the molecule is COCCCN1CCOc2ccc(C[C@@H](C[C@@H]([C@@H]3C[C@@H](C(C)C)C(=O)O3)N(C(=O)O)C(C)(C)C)C(C)C)cc21. The van der Waals surface area contributed by atoms with E-state index in [1.807, 2.05) is 34.6 Å². The van der Waals surface area contributed by atoms with Crippen LogP contribution in [0.4, 0.5) is 10.5 Å². The molecule has 0 aliphatic carbocycles. The van der Waals surface area contributed by atoms with Crippen LogP contribution >= 0.6 is 0 Å². The molecule has 0 bridgehead atoms. The summed E-state index contributed by atoms with van der Waals surface area (Å²) in [6.45, 7) is 17.3. The van der Waals surface area contributed by atoms with Crippen LogP contribution in [-0.2, 0) is 20.7 Å². The summed E-state index contributed by atoms with van der Waals surface area (Å²) in [6, 6.07) is 6.00. The summed E-state index contributed by atoms with van der Waals surface area (Å²) >= 11 is 0. The normalized spacial score (nSPS) is 21.0. The number of cyclic esters (lactones) is 1. The molecule has 39 heavy (non-hydrogen) atoms. The van der Waals surface area contributed by atoms with Crippen LogP contribution < -0.4 is 9.64 Å². The van der Waals surface area contributed by atoms with Gasteiger partial charge in [0.25, 0.3) is 0 Å². The van der Waals surface area contributed by atoms with Gasteiger partial charge in [-0.2, -0.15) is 0 Å². The van der Waals surface area contributed by atoms with Gasteiger partial charge >= 0.3 is 12.1 Å². The van der Waals surface area contributed by atoms with Gasteiger partial charge < -0.3 is 24.2 Å². The lowest BCUT2D eigenvalue weighted by Crippen LogP contribution is -2.56. The number of hydrogen-bond acceptors (Lipinski definition) is 6. The Morgan fingerprint density at radius 1 is 1.23 bits per heavy atom. The fourth-order valence-corrected chi connectivity index (χ4v) is 6.04. The molecule has 1 N–H and O–H groups in total. The third-order valence-corrected chi connectivity index (χ3v) is 8.30. The molecule has 1 amide bonds. The maximum absolute atomic E-state index is 12.7. The molecule has 0 aromatic heterocycles. The first kappa shape index (κ1) is 31.1. The zero-order valence-corrected chi connectivity index (χ0v) is 25.2. The Bertz CT molecular complexity index is 972. The lowest BCUT2D eigenvalue weighted by atomic mass is 9.80. The number of carbonyl (C=O) groups is 2. The van der Waals surface area contributed by atoms with E-state index in [-0.39, 0.29) is 23.7 Å². The molecule has 0 unspecified atom stereocenters. The predicted octanol–water partition coefficient (Wildman–Crippen LogP) is 5.86. The Morgan fingerprint density at radius 3 is 2.51 bits per heavy atom. The summed E-state index contributed by atoms with van der Waals surface area (Å²) in [5, 5.41) is 10.3. The molecule has 4 atom stereocenters. The van der Waals surface area contributed by atoms with E-state index in [1.54, 1.807) is 7.11 Å². The number of benzene rings is 1. The van der Waals surface area contributed by atoms with E-state index in [4.69, 9.17) is 14.2 Å². The van der Waals surface area contributed by atoms with Gasteiger partial charge in [-0.15, -0.1) is 0 Å². The average Bonchev–Trinajstić information content (AvgIpc) is 3.24. The van der Waals surface area contributed by atoms with E-state index in [2.05, 4.69) is 36.9 Å². The maximum atomic E-state index is 12.7. The third-order valence-electron chi connectivity index (χ3n) is 8.30. The number of ether oxygens (including phenoxy) is 3. The molecule has 0 saturated carbocycles. The van der Waals surface area contributed by atoms with E-state index >= 15 is 0 Å². The molecule has 220 valence electrons. The molecule has 2 heterocycles. The molecule has 0 spiro atoms. The summed E-state index contributed by atoms with van der Waals surface area (Å²) < 4.78 is 17.1. The third kappa shape index (κ3) is 7.80. The van der Waals surface area contributed by atoms with Crippen LogP contribution in [0.3, 0.4) is 0 Å². The summed E-state index contributed by atoms with van der Waals surface area (Å²) in [5.74, 6) is 1.16. The molecule has 3 rings (SSSR count). The number of rotatable bonds is 12. The predicted molar refractivity (Wildman–Crippen MR) is 154 cm³/mol. The second-order valence-corrected chi connectivity index (χ2v) is 12.9. The number of anilines is 1. The first-order valence-electron chi connectivity index (χ1n) is 14.6. The van der Waals surface area contributed by atoms with E-state index in [1.165, 1.54) is 10.5 Å². The molecule has 1 aromatic carbocycles. The maximum Gasteiger partial charge on any atom is 0.408 e. The minimum absolute atomic E-state index is 0.154. The summed E-state index contributed by atoms with van der Waals surface area (Å²) in [6.07, 6.45) is 1.50. The molecule has 1 saturated heterocycles. The fourth-order valence-electron chi connectivity index (χ4n) is 6.04. The van der Waals surface area contributed by atoms with E-state index in [0.717, 1.165) is 44.0 Å². The first-order valence-corrected chi connectivity index (χ1v) is 14.6. The number of nitrogens with zero attached hydrogens (tertiary/aromatic N) is 2. The van der Waals surface area contributed by atoms with Gasteiger partial charge in [0.2, 0.25) is 0 Å². The Balaban J connectivity index is 1.88. The number of methoxy groups -OCH3 is 1. The molecule has 1 aromatic rings. The molecule has 8 nitrogen and oxygen atoms in total. The van der Waals surface area contributed by atoms with E-state index < -0.39 is 23.8 Å². The van der Waals surface area contributed by atoms with Crippen LogP contribution in [-0.4, -0.2) is 73.2 Å². The van der Waals surface area contributed by atoms with Gasteiger partial charge in [0.05, 0.1) is 24.2 Å². The molecule has 2 aliphatic rings. The van der Waals surface area contributed by atoms with Crippen LogP contribution in [0.1, 0.15) is 73.3 Å². The van der Waals surface area contributed by atoms with Gasteiger partial charge in [0.1, 0.15) is 18.5 Å². The Hall–Kier alpha value is -2.48.